The monoisotopic (exact) mass is 372 g/mol. The number of nitrogens with zero attached hydrogens (tertiary/aromatic N) is 6. The van der Waals surface area contributed by atoms with Gasteiger partial charge in [0, 0.05) is 28.8 Å². The van der Waals surface area contributed by atoms with Crippen molar-refractivity contribution in [2.45, 2.75) is 18.5 Å². The van der Waals surface area contributed by atoms with Crippen LogP contribution in [-0.2, 0) is 7.05 Å². The third-order valence-corrected chi connectivity index (χ3v) is 5.04. The lowest BCUT2D eigenvalue weighted by atomic mass is 10.1. The Hall–Kier alpha value is -2.81. The Balaban J connectivity index is 1.88. The van der Waals surface area contributed by atoms with Gasteiger partial charge in [-0.2, -0.15) is 14.9 Å². The predicted octanol–water partition coefficient (Wildman–Crippen LogP) is 3.66. The Morgan fingerprint density at radius 2 is 1.92 bits per heavy atom. The number of aromatic nitrogens is 5. The number of allylic oxidation sites excluding steroid dienone is 1. The molecule has 9 heteroatoms. The van der Waals surface area contributed by atoms with Crippen LogP contribution in [-0.4, -0.2) is 30.4 Å². The number of fused-ring (bicyclic) bond motifs is 1. The van der Waals surface area contributed by atoms with Gasteiger partial charge in [-0.3, -0.25) is 4.68 Å². The van der Waals surface area contributed by atoms with E-state index in [2.05, 4.69) is 20.4 Å². The highest BCUT2D eigenvalue weighted by molar-refractivity contribution is 8.04. The third-order valence-electron chi connectivity index (χ3n) is 4.07. The van der Waals surface area contributed by atoms with Crippen molar-refractivity contribution in [1.82, 2.24) is 24.7 Å². The molecule has 26 heavy (non-hydrogen) atoms. The average Bonchev–Trinajstić information content (AvgIpc) is 3.20. The number of aryl methyl sites for hydroxylation is 1. The molecule has 0 bridgehead atoms. The van der Waals surface area contributed by atoms with E-state index in [1.165, 1.54) is 11.8 Å². The topological polar surface area (TPSA) is 60.9 Å². The van der Waals surface area contributed by atoms with Gasteiger partial charge in [0.2, 0.25) is 11.0 Å². The van der Waals surface area contributed by atoms with E-state index in [4.69, 9.17) is 0 Å². The molecule has 1 aliphatic rings. The van der Waals surface area contributed by atoms with Gasteiger partial charge in [-0.25, -0.2) is 8.78 Å². The second kappa shape index (κ2) is 6.49. The van der Waals surface area contributed by atoms with Gasteiger partial charge < -0.3 is 0 Å². The summed E-state index contributed by atoms with van der Waals surface area (Å²) in [6.45, 7) is 1.96. The number of hydrogen-bond donors (Lipinski definition) is 0. The van der Waals surface area contributed by atoms with Gasteiger partial charge in [-0.15, -0.1) is 10.2 Å². The molecule has 0 saturated heterocycles. The van der Waals surface area contributed by atoms with Crippen molar-refractivity contribution in [2.75, 3.05) is 0 Å². The maximum Gasteiger partial charge on any atom is 0.299 e. The smallest absolute Gasteiger partial charge is 0.272 e. The molecule has 0 amide bonds. The largest absolute Gasteiger partial charge is 0.299 e. The molecule has 0 saturated carbocycles. The summed E-state index contributed by atoms with van der Waals surface area (Å²) in [5.41, 5.74) is 3.34. The summed E-state index contributed by atoms with van der Waals surface area (Å²) < 4.78 is 29.3. The van der Waals surface area contributed by atoms with Crippen LogP contribution in [0.3, 0.4) is 0 Å². The maximum absolute atomic E-state index is 13.2. The molecule has 1 aliphatic heterocycles. The zero-order chi connectivity index (χ0) is 18.3. The van der Waals surface area contributed by atoms with Gasteiger partial charge in [-0.1, -0.05) is 30.3 Å². The third kappa shape index (κ3) is 2.84. The van der Waals surface area contributed by atoms with Crippen molar-refractivity contribution >= 4 is 23.5 Å². The van der Waals surface area contributed by atoms with E-state index in [0.717, 1.165) is 26.4 Å². The number of rotatable bonds is 3. The molecule has 132 valence electrons. The zero-order valence-electron chi connectivity index (χ0n) is 14.0. The van der Waals surface area contributed by atoms with Crippen LogP contribution >= 0.6 is 11.8 Å². The Bertz CT molecular complexity index is 1020. The van der Waals surface area contributed by atoms with E-state index < -0.39 is 12.2 Å². The van der Waals surface area contributed by atoms with Gasteiger partial charge in [0.1, 0.15) is 5.71 Å². The van der Waals surface area contributed by atoms with Crippen LogP contribution in [0.4, 0.5) is 8.78 Å². The van der Waals surface area contributed by atoms with Gasteiger partial charge in [0.25, 0.3) is 6.43 Å². The van der Waals surface area contributed by atoms with Crippen LogP contribution in [0.2, 0.25) is 0 Å². The standard InChI is InChI=1S/C17H14F2N6S/c1-10-12(9-20-24(10)2)8-13-14(11-6-4-3-5-7-11)23-25-16(15(18)19)21-22-17(25)26-13/h3-9,15H,1-2H3/b13-8-. The summed E-state index contributed by atoms with van der Waals surface area (Å²) >= 11 is 1.26. The molecule has 1 aromatic carbocycles. The molecule has 0 N–H and O–H groups in total. The molecular formula is C17H14F2N6S. The zero-order valence-corrected chi connectivity index (χ0v) is 14.8. The highest BCUT2D eigenvalue weighted by Gasteiger charge is 2.27. The second-order valence-corrected chi connectivity index (χ2v) is 6.70. The van der Waals surface area contributed by atoms with Gasteiger partial charge >= 0.3 is 0 Å². The summed E-state index contributed by atoms with van der Waals surface area (Å²) in [4.78, 5) is 0.799. The molecule has 6 nitrogen and oxygen atoms in total. The van der Waals surface area contributed by atoms with Crippen LogP contribution in [0.25, 0.3) is 6.08 Å². The van der Waals surface area contributed by atoms with E-state index >= 15 is 0 Å². The Kier molecular flexibility index (Phi) is 4.15. The maximum atomic E-state index is 13.2. The van der Waals surface area contributed by atoms with E-state index in [1.807, 2.05) is 50.4 Å². The van der Waals surface area contributed by atoms with E-state index in [0.29, 0.717) is 10.9 Å². The first kappa shape index (κ1) is 16.6. The first-order chi connectivity index (χ1) is 12.5. The molecule has 0 aliphatic carbocycles. The molecule has 4 rings (SSSR count). The number of alkyl halides is 2. The SMILES string of the molecule is Cc1c(/C=C2\Sc3nnc(C(F)F)n3N=C2c2ccccc2)cnn1C. The van der Waals surface area contributed by atoms with Crippen LogP contribution in [0, 0.1) is 6.92 Å². The summed E-state index contributed by atoms with van der Waals surface area (Å²) in [5, 5.41) is 16.4. The Morgan fingerprint density at radius 1 is 1.15 bits per heavy atom. The molecule has 0 radical (unpaired) electrons. The Morgan fingerprint density at radius 3 is 2.58 bits per heavy atom. The molecule has 0 fully saturated rings. The summed E-state index contributed by atoms with van der Waals surface area (Å²) in [5.74, 6) is -0.461. The number of thioether (sulfide) groups is 1. The molecule has 3 heterocycles. The van der Waals surface area contributed by atoms with E-state index in [-0.39, 0.29) is 0 Å². The van der Waals surface area contributed by atoms with Crippen LogP contribution in [0.5, 0.6) is 0 Å². The van der Waals surface area contributed by atoms with Crippen molar-refractivity contribution in [2.24, 2.45) is 12.1 Å². The van der Waals surface area contributed by atoms with Gasteiger partial charge in [-0.05, 0) is 24.8 Å². The lowest BCUT2D eigenvalue weighted by Crippen LogP contribution is -2.13. The van der Waals surface area contributed by atoms with E-state index in [9.17, 15) is 8.78 Å². The highest BCUT2D eigenvalue weighted by Crippen LogP contribution is 2.36. The number of benzene rings is 1. The highest BCUT2D eigenvalue weighted by atomic mass is 32.2. The van der Waals surface area contributed by atoms with E-state index in [1.54, 1.807) is 10.9 Å². The van der Waals surface area contributed by atoms with Gasteiger partial charge in [0.15, 0.2) is 0 Å². The molecule has 0 unspecified atom stereocenters. The minimum Gasteiger partial charge on any atom is -0.272 e. The summed E-state index contributed by atoms with van der Waals surface area (Å²) in [7, 11) is 1.86. The van der Waals surface area contributed by atoms with Crippen molar-refractivity contribution in [3.63, 3.8) is 0 Å². The lowest BCUT2D eigenvalue weighted by Gasteiger charge is -2.17. The minimum absolute atomic E-state index is 0.313. The van der Waals surface area contributed by atoms with Crippen LogP contribution < -0.4 is 0 Å². The number of hydrogen-bond acceptors (Lipinski definition) is 5. The summed E-state index contributed by atoms with van der Waals surface area (Å²) in [6, 6.07) is 9.43. The van der Waals surface area contributed by atoms with Crippen LogP contribution in [0.15, 0.2) is 51.7 Å². The second-order valence-electron chi connectivity index (χ2n) is 5.69. The fourth-order valence-corrected chi connectivity index (χ4v) is 3.50. The molecule has 2 aromatic heterocycles. The summed E-state index contributed by atoms with van der Waals surface area (Å²) in [6.07, 6.45) is 0.956. The number of halogens is 2. The first-order valence-electron chi connectivity index (χ1n) is 7.81. The molecule has 3 aromatic rings. The quantitative estimate of drug-likeness (QED) is 0.704. The predicted molar refractivity (Wildman–Crippen MR) is 95.1 cm³/mol. The van der Waals surface area contributed by atoms with Crippen molar-refractivity contribution < 1.29 is 8.78 Å². The minimum atomic E-state index is -2.75. The fourth-order valence-electron chi connectivity index (χ4n) is 2.56. The van der Waals surface area contributed by atoms with Crippen LogP contribution in [0.1, 0.15) is 29.1 Å². The average molecular weight is 372 g/mol. The fraction of sp³-hybridized carbons (Fsp3) is 0.176. The molecular weight excluding hydrogens is 358 g/mol. The first-order valence-corrected chi connectivity index (χ1v) is 8.62. The Labute approximate surface area is 152 Å². The van der Waals surface area contributed by atoms with Crippen molar-refractivity contribution in [1.29, 1.82) is 0 Å². The molecule has 0 spiro atoms. The normalized spacial score (nSPS) is 15.4. The molecule has 0 atom stereocenters. The van der Waals surface area contributed by atoms with Gasteiger partial charge in [0.05, 0.1) is 6.20 Å². The van der Waals surface area contributed by atoms with Crippen molar-refractivity contribution in [3.05, 3.63) is 64.1 Å². The lowest BCUT2D eigenvalue weighted by molar-refractivity contribution is 0.135. The van der Waals surface area contributed by atoms with Crippen molar-refractivity contribution in [3.8, 4) is 0 Å².